The SMILES string of the molecule is CC(=O)[O-].CC(=O)[O-].CCCCCCCCCCCCCCCCN(CC)CCCCCCCCCCCCCCCC.[Ag+].[Ag+]. The average Bonchev–Trinajstić information content (AvgIpc) is 2.95. The molecule has 0 radical (unpaired) electrons. The van der Waals surface area contributed by atoms with Gasteiger partial charge in [-0.05, 0) is 46.3 Å². The smallest absolute Gasteiger partial charge is 0.550 e. The fraction of sp³-hybridized carbons (Fsp3) is 0.947. The Bertz CT molecular complexity index is 486. The van der Waals surface area contributed by atoms with Crippen molar-refractivity contribution in [3.63, 3.8) is 0 Å². The number of unbranched alkanes of at least 4 members (excludes halogenated alkanes) is 26. The Morgan fingerprint density at radius 3 is 0.689 bits per heavy atom. The molecule has 0 aliphatic rings. The molecule has 0 heterocycles. The minimum Gasteiger partial charge on any atom is -0.550 e. The maximum Gasteiger partial charge on any atom is 1.00 e. The fourth-order valence-corrected chi connectivity index (χ4v) is 5.49. The standard InChI is InChI=1S/C34H71N.2C2H4O2.2Ag/c1-4-7-9-11-13-15-17-19-21-23-25-27-29-31-33-35(6-3)34-32-30-28-26-24-22-20-18-16-14-12-10-8-5-2;2*1-2(3)4;;/h4-34H2,1-3H3;2*1H3,(H,3,4);;/q;;;2*+1/p-2. The van der Waals surface area contributed by atoms with Crippen LogP contribution in [-0.4, -0.2) is 36.5 Å². The van der Waals surface area contributed by atoms with E-state index < -0.39 is 11.9 Å². The van der Waals surface area contributed by atoms with Gasteiger partial charge in [0.15, 0.2) is 0 Å². The molecular formula is C38H77Ag2NO4. The van der Waals surface area contributed by atoms with Crippen LogP contribution >= 0.6 is 0 Å². The third-order valence-corrected chi connectivity index (χ3v) is 8.10. The molecule has 0 aliphatic carbocycles. The van der Waals surface area contributed by atoms with Crippen molar-refractivity contribution >= 4 is 11.9 Å². The van der Waals surface area contributed by atoms with E-state index in [4.69, 9.17) is 19.8 Å². The minimum absolute atomic E-state index is 0. The maximum atomic E-state index is 8.89. The van der Waals surface area contributed by atoms with Gasteiger partial charge in [0.1, 0.15) is 0 Å². The van der Waals surface area contributed by atoms with E-state index >= 15 is 0 Å². The van der Waals surface area contributed by atoms with Gasteiger partial charge in [0.2, 0.25) is 0 Å². The molecule has 280 valence electrons. The van der Waals surface area contributed by atoms with Gasteiger partial charge >= 0.3 is 44.8 Å². The van der Waals surface area contributed by atoms with Crippen molar-refractivity contribution < 1.29 is 64.6 Å². The number of carbonyl (C=O) groups is 2. The number of nitrogens with zero attached hydrogens (tertiary/aromatic N) is 1. The molecule has 0 aromatic rings. The van der Waals surface area contributed by atoms with Crippen LogP contribution in [0.15, 0.2) is 0 Å². The van der Waals surface area contributed by atoms with Crippen LogP contribution in [0.5, 0.6) is 0 Å². The molecule has 0 fully saturated rings. The molecule has 0 unspecified atom stereocenters. The number of hydrogen-bond donors (Lipinski definition) is 0. The number of hydrogen-bond acceptors (Lipinski definition) is 5. The Balaban J connectivity index is -0.000000473. The number of carboxylic acids is 2. The van der Waals surface area contributed by atoms with Crippen LogP contribution in [0.4, 0.5) is 0 Å². The molecule has 0 aromatic carbocycles. The first-order valence-electron chi connectivity index (χ1n) is 18.9. The first kappa shape index (κ1) is 54.8. The summed E-state index contributed by atoms with van der Waals surface area (Å²) >= 11 is 0. The number of aliphatic carboxylic acids is 2. The Kier molecular flexibility index (Phi) is 62.4. The zero-order valence-corrected chi connectivity index (χ0v) is 33.6. The quantitative estimate of drug-likeness (QED) is 0.0514. The van der Waals surface area contributed by atoms with E-state index in [9.17, 15) is 0 Å². The molecule has 0 saturated heterocycles. The molecule has 0 bridgehead atoms. The molecule has 0 aliphatic heterocycles. The molecule has 0 rings (SSSR count). The van der Waals surface area contributed by atoms with E-state index in [2.05, 4.69) is 25.7 Å². The topological polar surface area (TPSA) is 83.5 Å². The van der Waals surface area contributed by atoms with Crippen LogP contribution < -0.4 is 10.2 Å². The predicted octanol–water partition coefficient (Wildman–Crippen LogP) is 9.78. The van der Waals surface area contributed by atoms with Gasteiger partial charge in [-0.15, -0.1) is 0 Å². The van der Waals surface area contributed by atoms with Gasteiger partial charge in [0, 0.05) is 11.9 Å². The summed E-state index contributed by atoms with van der Waals surface area (Å²) in [5, 5.41) is 17.8. The second-order valence-corrected chi connectivity index (χ2v) is 12.6. The molecular weight excluding hydrogens is 750 g/mol. The Hall–Kier alpha value is 0.381. The summed E-state index contributed by atoms with van der Waals surface area (Å²) in [4.78, 5) is 20.5. The number of carboxylic acid groups (broad SMARTS) is 2. The summed E-state index contributed by atoms with van der Waals surface area (Å²) in [6.45, 7) is 12.8. The van der Waals surface area contributed by atoms with E-state index in [1.807, 2.05) is 0 Å². The molecule has 45 heavy (non-hydrogen) atoms. The molecule has 0 spiro atoms. The third kappa shape index (κ3) is 67.4. The summed E-state index contributed by atoms with van der Waals surface area (Å²) in [6.07, 6.45) is 40.9. The summed E-state index contributed by atoms with van der Waals surface area (Å²) < 4.78 is 0. The van der Waals surface area contributed by atoms with Gasteiger partial charge in [0.25, 0.3) is 0 Å². The number of carbonyl (C=O) groups excluding carboxylic acids is 2. The van der Waals surface area contributed by atoms with E-state index in [1.54, 1.807) is 0 Å². The first-order valence-corrected chi connectivity index (χ1v) is 18.9. The van der Waals surface area contributed by atoms with Crippen molar-refractivity contribution in [1.29, 1.82) is 0 Å². The molecule has 0 amide bonds. The van der Waals surface area contributed by atoms with Crippen LogP contribution in [0.3, 0.4) is 0 Å². The largest absolute Gasteiger partial charge is 1.00 e. The Morgan fingerprint density at radius 2 is 0.533 bits per heavy atom. The molecule has 0 saturated carbocycles. The summed E-state index contributed by atoms with van der Waals surface area (Å²) in [5.41, 5.74) is 0. The zero-order valence-electron chi connectivity index (χ0n) is 30.6. The molecule has 7 heteroatoms. The zero-order chi connectivity index (χ0) is 32.7. The van der Waals surface area contributed by atoms with E-state index in [0.717, 1.165) is 13.8 Å². The van der Waals surface area contributed by atoms with Crippen LogP contribution in [0.1, 0.15) is 214 Å². The third-order valence-electron chi connectivity index (χ3n) is 8.10. The summed E-state index contributed by atoms with van der Waals surface area (Å²) in [7, 11) is 0. The van der Waals surface area contributed by atoms with Gasteiger partial charge in [-0.2, -0.15) is 0 Å². The van der Waals surface area contributed by atoms with Crippen LogP contribution in [0.2, 0.25) is 0 Å². The molecule has 0 atom stereocenters. The van der Waals surface area contributed by atoms with E-state index in [-0.39, 0.29) is 44.8 Å². The van der Waals surface area contributed by atoms with Crippen molar-refractivity contribution in [3.05, 3.63) is 0 Å². The summed E-state index contributed by atoms with van der Waals surface area (Å²) in [6, 6.07) is 0. The Labute approximate surface area is 313 Å². The van der Waals surface area contributed by atoms with Crippen molar-refractivity contribution in [2.75, 3.05) is 19.6 Å². The van der Waals surface area contributed by atoms with Crippen molar-refractivity contribution in [2.45, 2.75) is 214 Å². The minimum atomic E-state index is -1.08. The van der Waals surface area contributed by atoms with Gasteiger partial charge in [0.05, 0.1) is 0 Å². The van der Waals surface area contributed by atoms with Gasteiger partial charge in [-0.3, -0.25) is 0 Å². The molecule has 5 nitrogen and oxygen atoms in total. The Morgan fingerprint density at radius 1 is 0.378 bits per heavy atom. The van der Waals surface area contributed by atoms with Crippen LogP contribution in [-0.2, 0) is 54.3 Å². The predicted molar refractivity (Wildman–Crippen MR) is 184 cm³/mol. The van der Waals surface area contributed by atoms with Gasteiger partial charge < -0.3 is 24.7 Å². The fourth-order valence-electron chi connectivity index (χ4n) is 5.49. The first-order chi connectivity index (χ1) is 20.8. The maximum absolute atomic E-state index is 8.89. The average molecular weight is 828 g/mol. The second-order valence-electron chi connectivity index (χ2n) is 12.6. The van der Waals surface area contributed by atoms with Crippen molar-refractivity contribution in [2.24, 2.45) is 0 Å². The summed E-state index contributed by atoms with van der Waals surface area (Å²) in [5.74, 6) is -2.17. The van der Waals surface area contributed by atoms with Crippen LogP contribution in [0.25, 0.3) is 0 Å². The monoisotopic (exact) mass is 825 g/mol. The van der Waals surface area contributed by atoms with Gasteiger partial charge in [-0.25, -0.2) is 0 Å². The molecule has 0 aromatic heterocycles. The second kappa shape index (κ2) is 51.2. The van der Waals surface area contributed by atoms with Gasteiger partial charge in [-0.1, -0.05) is 188 Å². The van der Waals surface area contributed by atoms with Crippen LogP contribution in [0, 0.1) is 0 Å². The van der Waals surface area contributed by atoms with Crippen molar-refractivity contribution in [1.82, 2.24) is 4.90 Å². The normalized spacial score (nSPS) is 10.2. The molecule has 0 N–H and O–H groups in total. The van der Waals surface area contributed by atoms with E-state index in [1.165, 1.54) is 199 Å². The van der Waals surface area contributed by atoms with Crippen molar-refractivity contribution in [3.8, 4) is 0 Å². The van der Waals surface area contributed by atoms with E-state index in [0.29, 0.717) is 0 Å². The number of rotatable bonds is 31.